The van der Waals surface area contributed by atoms with E-state index in [9.17, 15) is 18.8 Å². The third kappa shape index (κ3) is 9.37. The zero-order valence-electron chi connectivity index (χ0n) is 24.2. The Bertz CT molecular complexity index is 1410. The second kappa shape index (κ2) is 16.8. The lowest BCUT2D eigenvalue weighted by atomic mass is 10.0. The Morgan fingerprint density at radius 1 is 0.907 bits per heavy atom. The average molecular weight is 599 g/mol. The highest BCUT2D eigenvalue weighted by atomic mass is 19.1. The Hall–Kier alpha value is -3.75. The van der Waals surface area contributed by atoms with E-state index >= 15 is 0 Å². The molecule has 1 saturated heterocycles. The second-order valence-corrected chi connectivity index (χ2v) is 10.0. The van der Waals surface area contributed by atoms with Crippen LogP contribution in [0.2, 0.25) is 0 Å². The summed E-state index contributed by atoms with van der Waals surface area (Å²) in [6.07, 6.45) is 0.316. The number of aromatic amines is 1. The summed E-state index contributed by atoms with van der Waals surface area (Å²) in [5, 5.41) is 11.0. The summed E-state index contributed by atoms with van der Waals surface area (Å²) in [5.74, 6) is -1.10. The number of nitrogens with zero attached hydrogens (tertiary/aromatic N) is 3. The first kappa shape index (κ1) is 32.2. The number of carbonyl (C=O) groups is 2. The summed E-state index contributed by atoms with van der Waals surface area (Å²) in [7, 11) is 0. The molecule has 1 fully saturated rings. The van der Waals surface area contributed by atoms with E-state index in [-0.39, 0.29) is 23.6 Å². The number of hydrogen-bond donors (Lipinski definition) is 3. The molecule has 3 aromatic rings. The summed E-state index contributed by atoms with van der Waals surface area (Å²) < 4.78 is 30.8. The molecule has 0 radical (unpaired) electrons. The van der Waals surface area contributed by atoms with Gasteiger partial charge in [-0.3, -0.25) is 14.4 Å². The number of nitrogens with one attached hydrogen (secondary N) is 2. The van der Waals surface area contributed by atoms with E-state index in [1.54, 1.807) is 28.0 Å². The van der Waals surface area contributed by atoms with Gasteiger partial charge < -0.3 is 35.1 Å². The summed E-state index contributed by atoms with van der Waals surface area (Å²) in [5.41, 5.74) is 6.35. The third-order valence-electron chi connectivity index (χ3n) is 7.03. The molecular weight excluding hydrogens is 559 g/mol. The minimum Gasteiger partial charge on any atom is -0.378 e. The Labute approximate surface area is 249 Å². The van der Waals surface area contributed by atoms with Crippen LogP contribution in [-0.4, -0.2) is 117 Å². The maximum Gasteiger partial charge on any atom is 0.272 e. The number of halogens is 1. The highest BCUT2D eigenvalue weighted by Gasteiger charge is 2.26. The number of benzene rings is 2. The normalized spacial score (nSPS) is 13.5. The van der Waals surface area contributed by atoms with E-state index in [1.165, 1.54) is 12.1 Å². The molecule has 0 unspecified atom stereocenters. The van der Waals surface area contributed by atoms with Crippen LogP contribution in [0, 0.1) is 5.82 Å². The highest BCUT2D eigenvalue weighted by Crippen LogP contribution is 2.20. The van der Waals surface area contributed by atoms with Crippen LogP contribution in [0.3, 0.4) is 0 Å². The van der Waals surface area contributed by atoms with Gasteiger partial charge in [-0.2, -0.15) is 5.10 Å². The molecule has 2 amide bonds. The van der Waals surface area contributed by atoms with Crippen molar-refractivity contribution in [1.82, 2.24) is 25.3 Å². The molecule has 0 spiro atoms. The molecule has 13 heteroatoms. The van der Waals surface area contributed by atoms with Crippen molar-refractivity contribution < 1.29 is 28.2 Å². The number of piperazine rings is 1. The van der Waals surface area contributed by atoms with Crippen LogP contribution < -0.4 is 16.6 Å². The topological polar surface area (TPSA) is 152 Å². The predicted molar refractivity (Wildman–Crippen MR) is 158 cm³/mol. The monoisotopic (exact) mass is 598 g/mol. The molecule has 12 nitrogen and oxygen atoms in total. The van der Waals surface area contributed by atoms with E-state index < -0.39 is 11.7 Å². The summed E-state index contributed by atoms with van der Waals surface area (Å²) in [4.78, 5) is 41.2. The quantitative estimate of drug-likeness (QED) is 0.201. The molecule has 4 N–H and O–H groups in total. The molecule has 1 aromatic heterocycles. The maximum atomic E-state index is 14.8. The molecular formula is C30H39FN6O6. The molecule has 0 atom stereocenters. The largest absolute Gasteiger partial charge is 0.378 e. The van der Waals surface area contributed by atoms with Crippen LogP contribution >= 0.6 is 0 Å². The van der Waals surface area contributed by atoms with Gasteiger partial charge in [-0.15, -0.1) is 0 Å². The fraction of sp³-hybridized carbons (Fsp3) is 0.467. The second-order valence-electron chi connectivity index (χ2n) is 10.0. The van der Waals surface area contributed by atoms with Crippen LogP contribution in [0.4, 0.5) is 4.39 Å². The van der Waals surface area contributed by atoms with E-state index in [1.807, 2.05) is 12.1 Å². The van der Waals surface area contributed by atoms with E-state index in [0.717, 1.165) is 0 Å². The van der Waals surface area contributed by atoms with Crippen LogP contribution in [0.1, 0.15) is 21.6 Å². The van der Waals surface area contributed by atoms with Crippen molar-refractivity contribution in [2.75, 3.05) is 85.5 Å². The number of hydrogen-bond acceptors (Lipinski definition) is 9. The Morgan fingerprint density at radius 2 is 1.56 bits per heavy atom. The molecule has 2 aromatic carbocycles. The van der Waals surface area contributed by atoms with Crippen molar-refractivity contribution >= 4 is 22.6 Å². The van der Waals surface area contributed by atoms with Gasteiger partial charge in [0.25, 0.3) is 11.5 Å². The first-order valence-electron chi connectivity index (χ1n) is 14.4. The van der Waals surface area contributed by atoms with Gasteiger partial charge in [0.1, 0.15) is 5.82 Å². The van der Waals surface area contributed by atoms with E-state index in [4.69, 9.17) is 19.9 Å². The highest BCUT2D eigenvalue weighted by molar-refractivity contribution is 5.95. The Morgan fingerprint density at radius 3 is 2.28 bits per heavy atom. The van der Waals surface area contributed by atoms with Gasteiger partial charge in [0.2, 0.25) is 5.91 Å². The van der Waals surface area contributed by atoms with Gasteiger partial charge in [0.05, 0.1) is 62.8 Å². The van der Waals surface area contributed by atoms with Gasteiger partial charge >= 0.3 is 0 Å². The molecule has 2 heterocycles. The molecule has 232 valence electrons. The number of nitrogens with two attached hydrogens (primary N) is 1. The summed E-state index contributed by atoms with van der Waals surface area (Å²) in [6.45, 7) is 5.39. The smallest absolute Gasteiger partial charge is 0.272 e. The van der Waals surface area contributed by atoms with Gasteiger partial charge in [-0.25, -0.2) is 9.49 Å². The lowest BCUT2D eigenvalue weighted by molar-refractivity contribution is -0.131. The minimum atomic E-state index is -0.610. The lowest BCUT2D eigenvalue weighted by Crippen LogP contribution is -2.52. The van der Waals surface area contributed by atoms with Crippen molar-refractivity contribution in [1.29, 1.82) is 0 Å². The molecule has 0 aliphatic carbocycles. The first-order chi connectivity index (χ1) is 21.0. The fourth-order valence-electron chi connectivity index (χ4n) is 4.75. The number of amides is 2. The first-order valence-corrected chi connectivity index (χ1v) is 14.4. The number of H-pyrrole nitrogens is 1. The van der Waals surface area contributed by atoms with Gasteiger partial charge in [0.15, 0.2) is 0 Å². The van der Waals surface area contributed by atoms with Crippen LogP contribution in [0.15, 0.2) is 47.3 Å². The minimum absolute atomic E-state index is 0.0296. The molecule has 0 saturated carbocycles. The zero-order chi connectivity index (χ0) is 30.4. The van der Waals surface area contributed by atoms with Crippen LogP contribution in [0.5, 0.6) is 0 Å². The molecule has 1 aliphatic rings. The molecule has 43 heavy (non-hydrogen) atoms. The van der Waals surface area contributed by atoms with Crippen molar-refractivity contribution in [2.45, 2.75) is 6.42 Å². The molecule has 0 bridgehead atoms. The van der Waals surface area contributed by atoms with Gasteiger partial charge in [-0.1, -0.05) is 24.3 Å². The lowest BCUT2D eigenvalue weighted by Gasteiger charge is -2.35. The van der Waals surface area contributed by atoms with E-state index in [2.05, 4.69) is 15.5 Å². The van der Waals surface area contributed by atoms with Gasteiger partial charge in [-0.05, 0) is 23.8 Å². The number of aromatic nitrogens is 2. The van der Waals surface area contributed by atoms with Crippen molar-refractivity contribution in [3.63, 3.8) is 0 Å². The van der Waals surface area contributed by atoms with Crippen LogP contribution in [0.25, 0.3) is 10.8 Å². The predicted octanol–water partition coefficient (Wildman–Crippen LogP) is 0.536. The third-order valence-corrected chi connectivity index (χ3v) is 7.03. The van der Waals surface area contributed by atoms with Crippen LogP contribution in [-0.2, 0) is 25.4 Å². The Kier molecular flexibility index (Phi) is 12.5. The van der Waals surface area contributed by atoms with Gasteiger partial charge in [0, 0.05) is 51.1 Å². The SMILES string of the molecule is NCCOCCOCCOCCNCC(=O)N1CCN(C(=O)c2cc(Cc3n[nH]c(=O)c4ccccc34)ccc2F)CC1. The zero-order valence-corrected chi connectivity index (χ0v) is 24.2. The number of fused-ring (bicyclic) bond motifs is 1. The molecule has 1 aliphatic heterocycles. The summed E-state index contributed by atoms with van der Waals surface area (Å²) >= 11 is 0. The van der Waals surface area contributed by atoms with Crippen molar-refractivity contribution in [3.8, 4) is 0 Å². The number of carbonyl (C=O) groups excluding carboxylic acids is 2. The Balaban J connectivity index is 1.18. The van der Waals surface area contributed by atoms with Crippen molar-refractivity contribution in [2.24, 2.45) is 5.73 Å². The standard InChI is InChI=1S/C30H39FN6O6/c31-26-6-5-22(20-27-23-3-1-2-4-24(23)29(39)35-34-27)19-25(26)30(40)37-11-9-36(10-12-37)28(38)21-33-8-14-42-16-18-43-17-15-41-13-7-32/h1-6,19,33H,7-18,20-21,32H2,(H,35,39). The number of rotatable bonds is 16. The molecule has 4 rings (SSSR count). The maximum absolute atomic E-state index is 14.8. The fourth-order valence-corrected chi connectivity index (χ4v) is 4.75. The number of ether oxygens (including phenoxy) is 3. The van der Waals surface area contributed by atoms with Crippen molar-refractivity contribution in [3.05, 3.63) is 75.5 Å². The summed E-state index contributed by atoms with van der Waals surface area (Å²) in [6, 6.07) is 11.6. The average Bonchev–Trinajstić information content (AvgIpc) is 3.03. The van der Waals surface area contributed by atoms with E-state index in [0.29, 0.717) is 107 Å².